The maximum atomic E-state index is 12.2. The lowest BCUT2D eigenvalue weighted by Crippen LogP contribution is -2.44. The van der Waals surface area contributed by atoms with Crippen LogP contribution in [0.25, 0.3) is 0 Å². The molecule has 1 amide bonds. The fourth-order valence-electron chi connectivity index (χ4n) is 2.43. The summed E-state index contributed by atoms with van der Waals surface area (Å²) in [6, 6.07) is 0.144. The number of ether oxygens (including phenoxy) is 1. The molecule has 7 heteroatoms. The van der Waals surface area contributed by atoms with E-state index in [-0.39, 0.29) is 12.1 Å². The molecule has 6 nitrogen and oxygen atoms in total. The van der Waals surface area contributed by atoms with E-state index in [1.807, 2.05) is 20.8 Å². The summed E-state index contributed by atoms with van der Waals surface area (Å²) in [7, 11) is 0. The number of aromatic nitrogens is 2. The van der Waals surface area contributed by atoms with Gasteiger partial charge in [-0.2, -0.15) is 0 Å². The van der Waals surface area contributed by atoms with Crippen molar-refractivity contribution in [1.29, 1.82) is 0 Å². The number of carbonyl (C=O) groups excluding carboxylic acids is 1. The molecular weight excluding hydrogens is 304 g/mol. The lowest BCUT2D eigenvalue weighted by atomic mass is 10.2. The molecule has 1 aliphatic rings. The van der Waals surface area contributed by atoms with Gasteiger partial charge in [-0.1, -0.05) is 11.6 Å². The number of rotatable bonds is 4. The molecule has 0 radical (unpaired) electrons. The van der Waals surface area contributed by atoms with Gasteiger partial charge in [0.1, 0.15) is 5.60 Å². The lowest BCUT2D eigenvalue weighted by molar-refractivity contribution is 0.0226. The zero-order chi connectivity index (χ0) is 16.2. The van der Waals surface area contributed by atoms with Gasteiger partial charge in [-0.25, -0.2) is 9.78 Å². The molecule has 1 aliphatic heterocycles. The Bertz CT molecular complexity index is 519. The molecule has 0 unspecified atom stereocenters. The van der Waals surface area contributed by atoms with Gasteiger partial charge in [-0.05, 0) is 33.6 Å². The Balaban J connectivity index is 1.84. The van der Waals surface area contributed by atoms with Crippen LogP contribution in [0.4, 0.5) is 4.79 Å². The van der Waals surface area contributed by atoms with Crippen molar-refractivity contribution in [2.45, 2.75) is 51.8 Å². The van der Waals surface area contributed by atoms with Crippen LogP contribution in [-0.4, -0.2) is 45.7 Å². The summed E-state index contributed by atoms with van der Waals surface area (Å²) in [4.78, 5) is 22.2. The molecule has 122 valence electrons. The van der Waals surface area contributed by atoms with Crippen molar-refractivity contribution < 1.29 is 9.53 Å². The molecule has 1 fully saturated rings. The predicted octanol–water partition coefficient (Wildman–Crippen LogP) is 2.62. The van der Waals surface area contributed by atoms with Crippen LogP contribution in [0, 0.1) is 0 Å². The second-order valence-electron chi connectivity index (χ2n) is 6.39. The number of carbonyl (C=O) groups is 1. The number of amides is 1. The van der Waals surface area contributed by atoms with Crippen molar-refractivity contribution in [3.8, 4) is 0 Å². The largest absolute Gasteiger partial charge is 0.444 e. The molecule has 1 atom stereocenters. The number of likely N-dealkylation sites (tertiary alicyclic amines) is 1. The quantitative estimate of drug-likeness (QED) is 0.921. The van der Waals surface area contributed by atoms with E-state index < -0.39 is 5.60 Å². The molecule has 1 aromatic heterocycles. The number of nitrogens with one attached hydrogen (secondary N) is 1. The average molecular weight is 327 g/mol. The molecule has 1 aromatic rings. The minimum absolute atomic E-state index is 0.144. The van der Waals surface area contributed by atoms with Crippen LogP contribution in [0.3, 0.4) is 0 Å². The molecule has 22 heavy (non-hydrogen) atoms. The first-order chi connectivity index (χ1) is 10.4. The standard InChI is InChI=1S/C15H23ClN4O2/c1-15(2,3)22-14(21)20-8-4-5-11(20)9-17-10-12-13(16)19-7-6-18-12/h6-7,11,17H,4-5,8-10H2,1-3H3/t11-/m1/s1. The summed E-state index contributed by atoms with van der Waals surface area (Å²) in [5, 5.41) is 3.70. The minimum Gasteiger partial charge on any atom is -0.444 e. The Morgan fingerprint density at radius 3 is 2.86 bits per heavy atom. The van der Waals surface area contributed by atoms with E-state index in [1.165, 1.54) is 0 Å². The van der Waals surface area contributed by atoms with Crippen molar-refractivity contribution >= 4 is 17.7 Å². The van der Waals surface area contributed by atoms with Crippen LogP contribution in [0.2, 0.25) is 5.15 Å². The Hall–Kier alpha value is -1.40. The van der Waals surface area contributed by atoms with Crippen molar-refractivity contribution in [2.24, 2.45) is 0 Å². The van der Waals surface area contributed by atoms with Crippen molar-refractivity contribution in [1.82, 2.24) is 20.2 Å². The van der Waals surface area contributed by atoms with Crippen LogP contribution < -0.4 is 5.32 Å². The van der Waals surface area contributed by atoms with Crippen molar-refractivity contribution in [3.63, 3.8) is 0 Å². The van der Waals surface area contributed by atoms with Gasteiger partial charge in [0.25, 0.3) is 0 Å². The summed E-state index contributed by atoms with van der Waals surface area (Å²) in [5.74, 6) is 0. The molecule has 2 heterocycles. The summed E-state index contributed by atoms with van der Waals surface area (Å²) in [6.07, 6.45) is 4.91. The first-order valence-electron chi connectivity index (χ1n) is 7.52. The summed E-state index contributed by atoms with van der Waals surface area (Å²) in [6.45, 7) is 7.60. The Labute approximate surface area is 136 Å². The van der Waals surface area contributed by atoms with E-state index in [4.69, 9.17) is 16.3 Å². The van der Waals surface area contributed by atoms with E-state index in [0.29, 0.717) is 23.9 Å². The van der Waals surface area contributed by atoms with Gasteiger partial charge in [0.15, 0.2) is 5.15 Å². The van der Waals surface area contributed by atoms with E-state index in [0.717, 1.165) is 19.4 Å². The molecule has 0 saturated carbocycles. The molecule has 0 spiro atoms. The minimum atomic E-state index is -0.467. The maximum absolute atomic E-state index is 12.2. The summed E-state index contributed by atoms with van der Waals surface area (Å²) < 4.78 is 5.45. The molecule has 2 rings (SSSR count). The fourth-order valence-corrected chi connectivity index (χ4v) is 2.61. The second kappa shape index (κ2) is 7.24. The monoisotopic (exact) mass is 326 g/mol. The number of nitrogens with zero attached hydrogens (tertiary/aromatic N) is 3. The van der Waals surface area contributed by atoms with Gasteiger partial charge >= 0.3 is 6.09 Å². The molecular formula is C15H23ClN4O2. The third-order valence-electron chi connectivity index (χ3n) is 3.40. The van der Waals surface area contributed by atoms with Gasteiger partial charge < -0.3 is 15.0 Å². The maximum Gasteiger partial charge on any atom is 0.410 e. The normalized spacial score (nSPS) is 18.5. The highest BCUT2D eigenvalue weighted by Gasteiger charge is 2.31. The predicted molar refractivity (Wildman–Crippen MR) is 84.7 cm³/mol. The average Bonchev–Trinajstić information content (AvgIpc) is 2.87. The Kier molecular flexibility index (Phi) is 5.58. The molecule has 1 N–H and O–H groups in total. The van der Waals surface area contributed by atoms with Gasteiger partial charge in [0, 0.05) is 38.1 Å². The van der Waals surface area contributed by atoms with Crippen molar-refractivity contribution in [3.05, 3.63) is 23.2 Å². The highest BCUT2D eigenvalue weighted by atomic mass is 35.5. The van der Waals surface area contributed by atoms with E-state index in [1.54, 1.807) is 17.3 Å². The topological polar surface area (TPSA) is 67.3 Å². The number of hydrogen-bond donors (Lipinski definition) is 1. The Morgan fingerprint density at radius 2 is 2.18 bits per heavy atom. The number of hydrogen-bond acceptors (Lipinski definition) is 5. The second-order valence-corrected chi connectivity index (χ2v) is 6.75. The highest BCUT2D eigenvalue weighted by molar-refractivity contribution is 6.29. The summed E-state index contributed by atoms with van der Waals surface area (Å²) >= 11 is 5.97. The number of halogens is 1. The molecule has 0 bridgehead atoms. The molecule has 0 aromatic carbocycles. The molecule has 0 aliphatic carbocycles. The smallest absolute Gasteiger partial charge is 0.410 e. The van der Waals surface area contributed by atoms with Crippen LogP contribution in [0.15, 0.2) is 12.4 Å². The van der Waals surface area contributed by atoms with Gasteiger partial charge in [0.2, 0.25) is 0 Å². The van der Waals surface area contributed by atoms with Gasteiger partial charge in [-0.3, -0.25) is 4.98 Å². The van der Waals surface area contributed by atoms with Crippen molar-refractivity contribution in [2.75, 3.05) is 13.1 Å². The first-order valence-corrected chi connectivity index (χ1v) is 7.90. The van der Waals surface area contributed by atoms with E-state index in [9.17, 15) is 4.79 Å². The van der Waals surface area contributed by atoms with E-state index >= 15 is 0 Å². The van der Waals surface area contributed by atoms with E-state index in [2.05, 4.69) is 15.3 Å². The zero-order valence-corrected chi connectivity index (χ0v) is 14.1. The summed E-state index contributed by atoms with van der Waals surface area (Å²) in [5.41, 5.74) is 0.246. The molecule has 1 saturated heterocycles. The SMILES string of the molecule is CC(C)(C)OC(=O)N1CCC[C@@H]1CNCc1nccnc1Cl. The fraction of sp³-hybridized carbons (Fsp3) is 0.667. The van der Waals surface area contributed by atoms with Gasteiger partial charge in [0.05, 0.1) is 5.69 Å². The van der Waals surface area contributed by atoms with Crippen LogP contribution in [0.5, 0.6) is 0 Å². The third-order valence-corrected chi connectivity index (χ3v) is 3.72. The first kappa shape index (κ1) is 17.0. The third kappa shape index (κ3) is 4.81. The Morgan fingerprint density at radius 1 is 1.45 bits per heavy atom. The zero-order valence-electron chi connectivity index (χ0n) is 13.3. The highest BCUT2D eigenvalue weighted by Crippen LogP contribution is 2.20. The van der Waals surface area contributed by atoms with Crippen LogP contribution in [-0.2, 0) is 11.3 Å². The lowest BCUT2D eigenvalue weighted by Gasteiger charge is -2.28. The van der Waals surface area contributed by atoms with Crippen LogP contribution >= 0.6 is 11.6 Å². The van der Waals surface area contributed by atoms with Gasteiger partial charge in [-0.15, -0.1) is 0 Å². The van der Waals surface area contributed by atoms with Crippen LogP contribution in [0.1, 0.15) is 39.3 Å².